The van der Waals surface area contributed by atoms with Crippen molar-refractivity contribution < 1.29 is 8.91 Å². The van der Waals surface area contributed by atoms with E-state index in [2.05, 4.69) is 20.2 Å². The summed E-state index contributed by atoms with van der Waals surface area (Å²) in [7, 11) is 0. The number of nitrogens with zero attached hydrogens (tertiary/aromatic N) is 5. The van der Waals surface area contributed by atoms with Gasteiger partial charge in [0.15, 0.2) is 5.82 Å². The van der Waals surface area contributed by atoms with E-state index >= 15 is 0 Å². The number of alkyl halides is 1. The second-order valence-electron chi connectivity index (χ2n) is 3.32. The highest BCUT2D eigenvalue weighted by atomic mass is 32.2. The maximum atomic E-state index is 12.2. The first-order chi connectivity index (χ1) is 8.29. The van der Waals surface area contributed by atoms with Crippen LogP contribution in [0.4, 0.5) is 4.39 Å². The maximum Gasteiger partial charge on any atom is 0.236 e. The molecule has 0 unspecified atom stereocenters. The first-order valence-electron chi connectivity index (χ1n) is 5.09. The summed E-state index contributed by atoms with van der Waals surface area (Å²) in [5.41, 5.74) is 0. The third kappa shape index (κ3) is 3.26. The molecule has 0 saturated carbocycles. The van der Waals surface area contributed by atoms with E-state index in [1.54, 1.807) is 23.4 Å². The minimum Gasteiger partial charge on any atom is -0.338 e. The van der Waals surface area contributed by atoms with Crippen molar-refractivity contribution in [2.45, 2.75) is 25.0 Å². The third-order valence-electron chi connectivity index (χ3n) is 2.02. The standard InChI is InChI=1S/C9H12FN5OS/c1-7-13-9(16-14-7)5-17-4-8-11-6-12-15(8)3-2-10/h6H,2-5H2,1H3. The zero-order chi connectivity index (χ0) is 12.1. The molecule has 2 rings (SSSR count). The van der Waals surface area contributed by atoms with Crippen molar-refractivity contribution in [3.05, 3.63) is 23.9 Å². The highest BCUT2D eigenvalue weighted by molar-refractivity contribution is 7.97. The lowest BCUT2D eigenvalue weighted by Gasteiger charge is -2.01. The molecule has 0 radical (unpaired) electrons. The van der Waals surface area contributed by atoms with E-state index < -0.39 is 6.67 Å². The number of hydrogen-bond donors (Lipinski definition) is 0. The predicted octanol–water partition coefficient (Wildman–Crippen LogP) is 1.37. The highest BCUT2D eigenvalue weighted by Crippen LogP contribution is 2.15. The Hall–Kier alpha value is -1.44. The summed E-state index contributed by atoms with van der Waals surface area (Å²) in [4.78, 5) is 8.16. The third-order valence-corrected chi connectivity index (χ3v) is 2.93. The Morgan fingerprint density at radius 2 is 2.35 bits per heavy atom. The molecule has 0 N–H and O–H groups in total. The van der Waals surface area contributed by atoms with Gasteiger partial charge in [0, 0.05) is 0 Å². The van der Waals surface area contributed by atoms with Crippen LogP contribution < -0.4 is 0 Å². The van der Waals surface area contributed by atoms with Gasteiger partial charge in [0.1, 0.15) is 18.8 Å². The SMILES string of the molecule is Cc1noc(CSCc2ncnn2CCF)n1. The average molecular weight is 257 g/mol. The molecule has 2 heterocycles. The van der Waals surface area contributed by atoms with Gasteiger partial charge >= 0.3 is 0 Å². The molecule has 8 heteroatoms. The van der Waals surface area contributed by atoms with Crippen molar-refractivity contribution in [3.63, 3.8) is 0 Å². The number of hydrogen-bond acceptors (Lipinski definition) is 6. The normalized spacial score (nSPS) is 10.9. The van der Waals surface area contributed by atoms with E-state index in [-0.39, 0.29) is 6.54 Å². The summed E-state index contributed by atoms with van der Waals surface area (Å²) in [5, 5.41) is 7.63. The molecule has 0 spiro atoms. The summed E-state index contributed by atoms with van der Waals surface area (Å²) in [6, 6.07) is 0. The van der Waals surface area contributed by atoms with Crippen LogP contribution in [-0.4, -0.2) is 31.6 Å². The fraction of sp³-hybridized carbons (Fsp3) is 0.556. The number of aromatic nitrogens is 5. The number of rotatable bonds is 6. The summed E-state index contributed by atoms with van der Waals surface area (Å²) >= 11 is 1.58. The lowest BCUT2D eigenvalue weighted by Crippen LogP contribution is -2.06. The minimum atomic E-state index is -0.441. The van der Waals surface area contributed by atoms with Gasteiger partial charge in [0.05, 0.1) is 18.1 Å². The Kier molecular flexibility index (Phi) is 4.08. The molecule has 92 valence electrons. The van der Waals surface area contributed by atoms with E-state index in [0.717, 1.165) is 5.82 Å². The van der Waals surface area contributed by atoms with Gasteiger partial charge in [-0.25, -0.2) is 14.1 Å². The van der Waals surface area contributed by atoms with Gasteiger partial charge in [-0.3, -0.25) is 0 Å². The smallest absolute Gasteiger partial charge is 0.236 e. The van der Waals surface area contributed by atoms with Gasteiger partial charge < -0.3 is 4.52 Å². The van der Waals surface area contributed by atoms with E-state index in [0.29, 0.717) is 23.2 Å². The molecule has 2 aromatic heterocycles. The molecular weight excluding hydrogens is 245 g/mol. The molecule has 0 aliphatic rings. The molecule has 17 heavy (non-hydrogen) atoms. The van der Waals surface area contributed by atoms with Crippen LogP contribution in [0.1, 0.15) is 17.5 Å². The van der Waals surface area contributed by atoms with Crippen LogP contribution in [0, 0.1) is 6.92 Å². The predicted molar refractivity (Wildman–Crippen MR) is 60.0 cm³/mol. The van der Waals surface area contributed by atoms with Gasteiger partial charge in [0.2, 0.25) is 5.89 Å². The van der Waals surface area contributed by atoms with Crippen molar-refractivity contribution in [2.75, 3.05) is 6.67 Å². The molecule has 2 aromatic rings. The van der Waals surface area contributed by atoms with Crippen LogP contribution >= 0.6 is 11.8 Å². The summed E-state index contributed by atoms with van der Waals surface area (Å²) < 4.78 is 18.7. The zero-order valence-corrected chi connectivity index (χ0v) is 10.2. The fourth-order valence-corrected chi connectivity index (χ4v) is 2.10. The Labute approximate surface area is 102 Å². The van der Waals surface area contributed by atoms with E-state index in [9.17, 15) is 4.39 Å². The van der Waals surface area contributed by atoms with Crippen molar-refractivity contribution >= 4 is 11.8 Å². The Bertz CT molecular complexity index is 471. The average Bonchev–Trinajstić information content (AvgIpc) is 2.90. The number of halogens is 1. The fourth-order valence-electron chi connectivity index (χ4n) is 1.30. The molecule has 0 fully saturated rings. The van der Waals surface area contributed by atoms with Crippen LogP contribution in [-0.2, 0) is 18.1 Å². The lowest BCUT2D eigenvalue weighted by atomic mass is 10.6. The molecule has 0 saturated heterocycles. The highest BCUT2D eigenvalue weighted by Gasteiger charge is 2.07. The zero-order valence-electron chi connectivity index (χ0n) is 9.34. The van der Waals surface area contributed by atoms with Gasteiger partial charge in [-0.1, -0.05) is 5.16 Å². The van der Waals surface area contributed by atoms with E-state index in [1.165, 1.54) is 6.33 Å². The van der Waals surface area contributed by atoms with Crippen LogP contribution in [0.2, 0.25) is 0 Å². The van der Waals surface area contributed by atoms with E-state index in [1.807, 2.05) is 0 Å². The monoisotopic (exact) mass is 257 g/mol. The maximum absolute atomic E-state index is 12.2. The number of thioether (sulfide) groups is 1. The minimum absolute atomic E-state index is 0.246. The van der Waals surface area contributed by atoms with Gasteiger partial charge in [-0.05, 0) is 6.92 Å². The first kappa shape index (κ1) is 12.0. The second kappa shape index (κ2) is 5.76. The lowest BCUT2D eigenvalue weighted by molar-refractivity contribution is 0.387. The molecule has 0 aliphatic heterocycles. The van der Waals surface area contributed by atoms with Crippen LogP contribution in [0.5, 0.6) is 0 Å². The van der Waals surface area contributed by atoms with Crippen molar-refractivity contribution in [1.82, 2.24) is 24.9 Å². The molecule has 0 aromatic carbocycles. The molecule has 0 aliphatic carbocycles. The molecule has 0 atom stereocenters. The first-order valence-corrected chi connectivity index (χ1v) is 6.24. The Balaban J connectivity index is 1.83. The Morgan fingerprint density at radius 1 is 1.47 bits per heavy atom. The van der Waals surface area contributed by atoms with Crippen LogP contribution in [0.25, 0.3) is 0 Å². The van der Waals surface area contributed by atoms with E-state index in [4.69, 9.17) is 4.52 Å². The largest absolute Gasteiger partial charge is 0.338 e. The summed E-state index contributed by atoms with van der Waals surface area (Å²) in [6.45, 7) is 1.58. The van der Waals surface area contributed by atoms with Crippen molar-refractivity contribution in [1.29, 1.82) is 0 Å². The van der Waals surface area contributed by atoms with Gasteiger partial charge in [0.25, 0.3) is 0 Å². The van der Waals surface area contributed by atoms with Gasteiger partial charge in [-0.2, -0.15) is 10.1 Å². The topological polar surface area (TPSA) is 69.6 Å². The van der Waals surface area contributed by atoms with Crippen molar-refractivity contribution in [2.24, 2.45) is 0 Å². The Morgan fingerprint density at radius 3 is 3.06 bits per heavy atom. The quantitative estimate of drug-likeness (QED) is 0.778. The summed E-state index contributed by atoms with van der Waals surface area (Å²) in [6.07, 6.45) is 1.43. The van der Waals surface area contributed by atoms with Crippen LogP contribution in [0.15, 0.2) is 10.9 Å². The second-order valence-corrected chi connectivity index (χ2v) is 4.30. The van der Waals surface area contributed by atoms with Gasteiger partial charge in [-0.15, -0.1) is 11.8 Å². The molecule has 6 nitrogen and oxygen atoms in total. The molecule has 0 amide bonds. The van der Waals surface area contributed by atoms with Crippen molar-refractivity contribution in [3.8, 4) is 0 Å². The van der Waals surface area contributed by atoms with Crippen LogP contribution in [0.3, 0.4) is 0 Å². The molecule has 0 bridgehead atoms. The molecular formula is C9H12FN5OS. The number of aryl methyl sites for hydroxylation is 2. The summed E-state index contributed by atoms with van der Waals surface area (Å²) in [5.74, 6) is 3.22.